The lowest BCUT2D eigenvalue weighted by atomic mass is 10.0. The molecule has 3 amide bonds. The number of ether oxygens (including phenoxy) is 2. The van der Waals surface area contributed by atoms with Gasteiger partial charge in [0.1, 0.15) is 5.75 Å². The van der Waals surface area contributed by atoms with Crippen LogP contribution in [-0.2, 0) is 37.0 Å². The molecule has 0 radical (unpaired) electrons. The van der Waals surface area contributed by atoms with Crippen LogP contribution in [0, 0.1) is 10.1 Å². The molecule has 0 saturated heterocycles. The first-order chi connectivity index (χ1) is 24.9. The van der Waals surface area contributed by atoms with Crippen molar-refractivity contribution in [2.75, 3.05) is 31.7 Å². The van der Waals surface area contributed by atoms with E-state index in [0.717, 1.165) is 11.1 Å². The lowest BCUT2D eigenvalue weighted by Crippen LogP contribution is -2.47. The number of carbonyl (C=O) groups excluding carboxylic acids is 4. The molecular formula is C40H51N5O8. The SMILES string of the molecule is CCOC(=O)/C(=C\c1cc(OC)c(N(CC(=O)NC(C)(C)C)Cc2ccccc2)c([N+](=O)[O-])c1)CC(=O)N(CC(=O)NC(C)(C)C)Cc1ccccc1. The van der Waals surface area contributed by atoms with Gasteiger partial charge in [-0.05, 0) is 77.3 Å². The van der Waals surface area contributed by atoms with E-state index in [-0.39, 0.29) is 72.9 Å². The monoisotopic (exact) mass is 729 g/mol. The fourth-order valence-corrected chi connectivity index (χ4v) is 5.51. The van der Waals surface area contributed by atoms with E-state index in [0.29, 0.717) is 0 Å². The molecule has 2 N–H and O–H groups in total. The van der Waals surface area contributed by atoms with Crippen LogP contribution in [0.3, 0.4) is 0 Å². The highest BCUT2D eigenvalue weighted by atomic mass is 16.6. The van der Waals surface area contributed by atoms with Crippen LogP contribution in [0.2, 0.25) is 0 Å². The lowest BCUT2D eigenvalue weighted by Gasteiger charge is -2.28. The molecule has 3 aromatic carbocycles. The standard InChI is InChI=1S/C40H51N5O8/c1-9-53-38(49)31(23-36(48)43(24-28-16-12-10-13-17-28)26-34(46)41-39(2,3)4)20-30-21-32(45(50)51)37(33(22-30)52-8)44(25-29-18-14-11-15-19-29)27-35(47)42-40(5,6)7/h10-22H,9,23-27H2,1-8H3,(H,41,46)(H,42,47)/b31-20-. The molecule has 0 aromatic heterocycles. The molecule has 0 fully saturated rings. The van der Waals surface area contributed by atoms with Crippen LogP contribution in [0.5, 0.6) is 5.75 Å². The molecule has 3 rings (SSSR count). The molecule has 0 aliphatic rings. The van der Waals surface area contributed by atoms with Gasteiger partial charge in [-0.2, -0.15) is 0 Å². The fourth-order valence-electron chi connectivity index (χ4n) is 5.51. The molecule has 0 aliphatic heterocycles. The Balaban J connectivity index is 2.11. The normalized spacial score (nSPS) is 11.7. The van der Waals surface area contributed by atoms with Crippen LogP contribution >= 0.6 is 0 Å². The summed E-state index contributed by atoms with van der Waals surface area (Å²) in [7, 11) is 1.35. The zero-order chi connectivity index (χ0) is 39.3. The summed E-state index contributed by atoms with van der Waals surface area (Å²) in [4.78, 5) is 68.4. The van der Waals surface area contributed by atoms with Crippen LogP contribution in [0.15, 0.2) is 78.4 Å². The Morgan fingerprint density at radius 1 is 0.811 bits per heavy atom. The Bertz CT molecular complexity index is 1780. The molecule has 0 bridgehead atoms. The summed E-state index contributed by atoms with van der Waals surface area (Å²) >= 11 is 0. The van der Waals surface area contributed by atoms with E-state index in [1.165, 1.54) is 30.2 Å². The highest BCUT2D eigenvalue weighted by Gasteiger charge is 2.29. The number of nitrogens with one attached hydrogen (secondary N) is 2. The van der Waals surface area contributed by atoms with Crippen molar-refractivity contribution in [1.82, 2.24) is 15.5 Å². The average Bonchev–Trinajstić information content (AvgIpc) is 3.06. The third kappa shape index (κ3) is 13.7. The largest absolute Gasteiger partial charge is 0.494 e. The summed E-state index contributed by atoms with van der Waals surface area (Å²) in [6.45, 7) is 12.4. The summed E-state index contributed by atoms with van der Waals surface area (Å²) in [5.41, 5.74) is 0.279. The number of nitro benzene ring substituents is 1. The van der Waals surface area contributed by atoms with Crippen molar-refractivity contribution < 1.29 is 33.6 Å². The molecule has 13 nitrogen and oxygen atoms in total. The Kier molecular flexibility index (Phi) is 14.7. The molecule has 0 atom stereocenters. The smallest absolute Gasteiger partial charge is 0.334 e. The van der Waals surface area contributed by atoms with E-state index in [9.17, 15) is 29.3 Å². The van der Waals surface area contributed by atoms with Gasteiger partial charge in [0.15, 0.2) is 5.69 Å². The second kappa shape index (κ2) is 18.7. The number of anilines is 1. The van der Waals surface area contributed by atoms with Gasteiger partial charge in [-0.15, -0.1) is 0 Å². The third-order valence-electron chi connectivity index (χ3n) is 7.51. The van der Waals surface area contributed by atoms with E-state index < -0.39 is 34.3 Å². The first-order valence-electron chi connectivity index (χ1n) is 17.4. The summed E-state index contributed by atoms with van der Waals surface area (Å²) in [6.07, 6.45) is 0.887. The highest BCUT2D eigenvalue weighted by Crippen LogP contribution is 2.40. The van der Waals surface area contributed by atoms with Crippen molar-refractivity contribution in [2.24, 2.45) is 0 Å². The van der Waals surface area contributed by atoms with Crippen molar-refractivity contribution in [3.05, 3.63) is 105 Å². The van der Waals surface area contributed by atoms with Crippen LogP contribution < -0.4 is 20.3 Å². The summed E-state index contributed by atoms with van der Waals surface area (Å²) in [5, 5.41) is 18.5. The average molecular weight is 730 g/mol. The zero-order valence-corrected chi connectivity index (χ0v) is 31.9. The molecule has 53 heavy (non-hydrogen) atoms. The van der Waals surface area contributed by atoms with Gasteiger partial charge in [0, 0.05) is 35.8 Å². The highest BCUT2D eigenvalue weighted by molar-refractivity contribution is 6.00. The second-order valence-electron chi connectivity index (χ2n) is 14.6. The van der Waals surface area contributed by atoms with Crippen molar-refractivity contribution in [2.45, 2.75) is 79.1 Å². The van der Waals surface area contributed by atoms with E-state index in [4.69, 9.17) is 9.47 Å². The van der Waals surface area contributed by atoms with Crippen LogP contribution in [-0.4, -0.2) is 71.4 Å². The predicted octanol–water partition coefficient (Wildman–Crippen LogP) is 5.80. The zero-order valence-electron chi connectivity index (χ0n) is 31.9. The van der Waals surface area contributed by atoms with Gasteiger partial charge in [-0.1, -0.05) is 60.7 Å². The fraction of sp³-hybridized carbons (Fsp3) is 0.400. The molecule has 0 aliphatic carbocycles. The summed E-state index contributed by atoms with van der Waals surface area (Å²) in [6, 6.07) is 21.1. The van der Waals surface area contributed by atoms with Gasteiger partial charge in [-0.25, -0.2) is 4.79 Å². The number of methoxy groups -OCH3 is 1. The minimum absolute atomic E-state index is 0.0135. The first kappa shape index (κ1) is 41.7. The van der Waals surface area contributed by atoms with Gasteiger partial charge in [-0.3, -0.25) is 24.5 Å². The third-order valence-corrected chi connectivity index (χ3v) is 7.51. The van der Waals surface area contributed by atoms with Crippen LogP contribution in [0.4, 0.5) is 11.4 Å². The maximum Gasteiger partial charge on any atom is 0.334 e. The number of amides is 3. The van der Waals surface area contributed by atoms with Gasteiger partial charge < -0.3 is 29.9 Å². The molecule has 13 heteroatoms. The minimum Gasteiger partial charge on any atom is -0.494 e. The maximum atomic E-state index is 13.9. The van der Waals surface area contributed by atoms with E-state index in [1.807, 2.05) is 102 Å². The van der Waals surface area contributed by atoms with Crippen molar-refractivity contribution in [3.63, 3.8) is 0 Å². The number of rotatable bonds is 16. The van der Waals surface area contributed by atoms with E-state index >= 15 is 0 Å². The molecule has 0 unspecified atom stereocenters. The van der Waals surface area contributed by atoms with Crippen molar-refractivity contribution >= 4 is 41.1 Å². The molecule has 0 heterocycles. The molecular weight excluding hydrogens is 678 g/mol. The number of nitrogens with zero attached hydrogens (tertiary/aromatic N) is 3. The molecule has 0 saturated carbocycles. The topological polar surface area (TPSA) is 160 Å². The Labute approximate surface area is 311 Å². The number of hydrogen-bond donors (Lipinski definition) is 2. The van der Waals surface area contributed by atoms with Crippen LogP contribution in [0.1, 0.15) is 71.6 Å². The molecule has 284 valence electrons. The van der Waals surface area contributed by atoms with Crippen molar-refractivity contribution in [3.8, 4) is 5.75 Å². The number of benzene rings is 3. The van der Waals surface area contributed by atoms with Crippen molar-refractivity contribution in [1.29, 1.82) is 0 Å². The number of esters is 1. The Morgan fingerprint density at radius 2 is 1.34 bits per heavy atom. The number of carbonyl (C=O) groups is 4. The van der Waals surface area contributed by atoms with Gasteiger partial charge in [0.2, 0.25) is 17.7 Å². The van der Waals surface area contributed by atoms with E-state index in [2.05, 4.69) is 10.6 Å². The molecule has 3 aromatic rings. The second-order valence-corrected chi connectivity index (χ2v) is 14.6. The first-order valence-corrected chi connectivity index (χ1v) is 17.4. The number of hydrogen-bond acceptors (Lipinski definition) is 9. The van der Waals surface area contributed by atoms with Crippen LogP contribution in [0.25, 0.3) is 6.08 Å². The van der Waals surface area contributed by atoms with Gasteiger partial charge >= 0.3 is 5.97 Å². The van der Waals surface area contributed by atoms with E-state index in [1.54, 1.807) is 11.8 Å². The number of nitro groups is 1. The minimum atomic E-state index is -0.796. The maximum absolute atomic E-state index is 13.9. The van der Waals surface area contributed by atoms with Gasteiger partial charge in [0.25, 0.3) is 5.69 Å². The quantitative estimate of drug-likeness (QED) is 0.0804. The predicted molar refractivity (Wildman–Crippen MR) is 204 cm³/mol. The summed E-state index contributed by atoms with van der Waals surface area (Å²) in [5.74, 6) is -1.99. The van der Waals surface area contributed by atoms with Gasteiger partial charge in [0.05, 0.1) is 38.2 Å². The molecule has 0 spiro atoms. The Morgan fingerprint density at radius 3 is 1.83 bits per heavy atom. The Hall–Kier alpha value is -5.72. The lowest BCUT2D eigenvalue weighted by molar-refractivity contribution is -0.384. The summed E-state index contributed by atoms with van der Waals surface area (Å²) < 4.78 is 11.0.